The summed E-state index contributed by atoms with van der Waals surface area (Å²) < 4.78 is 5.54. The van der Waals surface area contributed by atoms with Gasteiger partial charge in [0.25, 0.3) is 0 Å². The van der Waals surface area contributed by atoms with Gasteiger partial charge >= 0.3 is 0 Å². The second-order valence-electron chi connectivity index (χ2n) is 4.17. The van der Waals surface area contributed by atoms with Crippen LogP contribution in [-0.4, -0.2) is 31.0 Å². The van der Waals surface area contributed by atoms with Gasteiger partial charge in [0.1, 0.15) is 0 Å². The fraction of sp³-hybridized carbons (Fsp3) is 1.00. The molecule has 0 aliphatic heterocycles. The number of hydrogen-bond acceptors (Lipinski definition) is 3. The molecule has 0 aromatic rings. The average Bonchev–Trinajstić information content (AvgIpc) is 2.27. The molecule has 0 spiro atoms. The largest absolute Gasteiger partial charge is 0.392 e. The van der Waals surface area contributed by atoms with Crippen LogP contribution in [-0.2, 0) is 4.74 Å². The van der Waals surface area contributed by atoms with Gasteiger partial charge in [0.2, 0.25) is 0 Å². The van der Waals surface area contributed by atoms with Crippen molar-refractivity contribution in [2.24, 2.45) is 11.7 Å². The molecule has 2 unspecified atom stereocenters. The van der Waals surface area contributed by atoms with Gasteiger partial charge in [-0.1, -0.05) is 33.1 Å². The first-order valence-electron chi connectivity index (χ1n) is 6.20. The summed E-state index contributed by atoms with van der Waals surface area (Å²) in [5, 5.41) is 9.22. The molecule has 3 N–H and O–H groups in total. The van der Waals surface area contributed by atoms with Crippen molar-refractivity contribution in [1.82, 2.24) is 0 Å². The van der Waals surface area contributed by atoms with Crippen LogP contribution in [0.4, 0.5) is 0 Å². The summed E-state index contributed by atoms with van der Waals surface area (Å²) in [6.07, 6.45) is 5.23. The van der Waals surface area contributed by atoms with Crippen LogP contribution in [0.1, 0.15) is 46.0 Å². The van der Waals surface area contributed by atoms with Gasteiger partial charge in [0.15, 0.2) is 0 Å². The van der Waals surface area contributed by atoms with Crippen molar-refractivity contribution in [1.29, 1.82) is 0 Å². The van der Waals surface area contributed by atoms with Crippen LogP contribution in [0.5, 0.6) is 0 Å². The van der Waals surface area contributed by atoms with Crippen LogP contribution in [0.25, 0.3) is 0 Å². The standard InChI is InChI=1S/C12H27NO2/c1-3-5-6-11(4-2)10-15-8-7-12(14)9-13/h11-12,14H,3-10,13H2,1-2H3. The molecule has 0 aromatic carbocycles. The van der Waals surface area contributed by atoms with Crippen molar-refractivity contribution in [2.75, 3.05) is 19.8 Å². The van der Waals surface area contributed by atoms with Gasteiger partial charge in [-0.3, -0.25) is 0 Å². The lowest BCUT2D eigenvalue weighted by atomic mass is 10.0. The van der Waals surface area contributed by atoms with Crippen molar-refractivity contribution in [3.8, 4) is 0 Å². The molecule has 0 saturated heterocycles. The van der Waals surface area contributed by atoms with Gasteiger partial charge in [-0.05, 0) is 18.8 Å². The van der Waals surface area contributed by atoms with Crippen molar-refractivity contribution >= 4 is 0 Å². The molecule has 0 bridgehead atoms. The van der Waals surface area contributed by atoms with E-state index in [2.05, 4.69) is 13.8 Å². The van der Waals surface area contributed by atoms with Crippen LogP contribution in [0, 0.1) is 5.92 Å². The van der Waals surface area contributed by atoms with Crippen LogP contribution in [0.3, 0.4) is 0 Å². The number of rotatable bonds is 10. The Morgan fingerprint density at radius 3 is 2.53 bits per heavy atom. The first-order chi connectivity index (χ1) is 7.24. The van der Waals surface area contributed by atoms with Crippen molar-refractivity contribution in [3.05, 3.63) is 0 Å². The molecular formula is C12H27NO2. The van der Waals surface area contributed by atoms with E-state index in [1.165, 1.54) is 25.7 Å². The highest BCUT2D eigenvalue weighted by atomic mass is 16.5. The zero-order chi connectivity index (χ0) is 11.5. The molecule has 0 amide bonds. The SMILES string of the molecule is CCCCC(CC)COCCC(O)CN. The molecule has 0 radical (unpaired) electrons. The zero-order valence-corrected chi connectivity index (χ0v) is 10.2. The minimum absolute atomic E-state index is 0.330. The summed E-state index contributed by atoms with van der Waals surface area (Å²) in [7, 11) is 0. The van der Waals surface area contributed by atoms with Crippen LogP contribution in [0.15, 0.2) is 0 Å². The van der Waals surface area contributed by atoms with Gasteiger partial charge in [-0.2, -0.15) is 0 Å². The quantitative estimate of drug-likeness (QED) is 0.550. The van der Waals surface area contributed by atoms with Crippen LogP contribution in [0.2, 0.25) is 0 Å². The third kappa shape index (κ3) is 8.85. The Bertz CT molecular complexity index is 131. The Morgan fingerprint density at radius 2 is 2.00 bits per heavy atom. The van der Waals surface area contributed by atoms with E-state index in [9.17, 15) is 5.11 Å². The summed E-state index contributed by atoms with van der Waals surface area (Å²) in [5.74, 6) is 0.681. The van der Waals surface area contributed by atoms with Crippen molar-refractivity contribution < 1.29 is 9.84 Å². The van der Waals surface area contributed by atoms with Crippen molar-refractivity contribution in [2.45, 2.75) is 52.1 Å². The highest BCUT2D eigenvalue weighted by Crippen LogP contribution is 2.12. The van der Waals surface area contributed by atoms with Crippen LogP contribution >= 0.6 is 0 Å². The Hall–Kier alpha value is -0.120. The van der Waals surface area contributed by atoms with Gasteiger partial charge < -0.3 is 15.6 Å². The van der Waals surface area contributed by atoms with E-state index in [4.69, 9.17) is 10.5 Å². The van der Waals surface area contributed by atoms with E-state index >= 15 is 0 Å². The average molecular weight is 217 g/mol. The molecule has 15 heavy (non-hydrogen) atoms. The van der Waals surface area contributed by atoms with E-state index in [0.29, 0.717) is 25.5 Å². The van der Waals surface area contributed by atoms with E-state index in [1.807, 2.05) is 0 Å². The molecule has 3 heteroatoms. The molecule has 0 saturated carbocycles. The highest BCUT2D eigenvalue weighted by Gasteiger charge is 2.06. The van der Waals surface area contributed by atoms with E-state index in [-0.39, 0.29) is 0 Å². The van der Waals surface area contributed by atoms with Gasteiger partial charge in [0.05, 0.1) is 6.10 Å². The van der Waals surface area contributed by atoms with Gasteiger partial charge in [-0.15, -0.1) is 0 Å². The summed E-state index contributed by atoms with van der Waals surface area (Å²) in [6, 6.07) is 0. The lowest BCUT2D eigenvalue weighted by Gasteiger charge is -2.15. The molecule has 0 aliphatic carbocycles. The summed E-state index contributed by atoms with van der Waals surface area (Å²) in [5.41, 5.74) is 5.30. The third-order valence-electron chi connectivity index (χ3n) is 2.76. The Kier molecular flexibility index (Phi) is 10.3. The fourth-order valence-electron chi connectivity index (χ4n) is 1.49. The smallest absolute Gasteiger partial charge is 0.0684 e. The summed E-state index contributed by atoms with van der Waals surface area (Å²) in [4.78, 5) is 0. The zero-order valence-electron chi connectivity index (χ0n) is 10.2. The minimum Gasteiger partial charge on any atom is -0.392 e. The fourth-order valence-corrected chi connectivity index (χ4v) is 1.49. The Balaban J connectivity index is 3.37. The summed E-state index contributed by atoms with van der Waals surface area (Å²) >= 11 is 0. The number of aliphatic hydroxyl groups excluding tert-OH is 1. The predicted octanol–water partition coefficient (Wildman–Crippen LogP) is 1.93. The topological polar surface area (TPSA) is 55.5 Å². The number of nitrogens with two attached hydrogens (primary N) is 1. The molecule has 0 rings (SSSR count). The number of ether oxygens (including phenoxy) is 1. The second-order valence-corrected chi connectivity index (χ2v) is 4.17. The third-order valence-corrected chi connectivity index (χ3v) is 2.76. The van der Waals surface area contributed by atoms with E-state index < -0.39 is 6.10 Å². The Morgan fingerprint density at radius 1 is 1.27 bits per heavy atom. The lowest BCUT2D eigenvalue weighted by molar-refractivity contribution is 0.0620. The van der Waals surface area contributed by atoms with Gasteiger partial charge in [-0.25, -0.2) is 0 Å². The number of aliphatic hydroxyl groups is 1. The first-order valence-corrected chi connectivity index (χ1v) is 6.20. The van der Waals surface area contributed by atoms with Crippen molar-refractivity contribution in [3.63, 3.8) is 0 Å². The van der Waals surface area contributed by atoms with E-state index in [0.717, 1.165) is 6.61 Å². The van der Waals surface area contributed by atoms with Gasteiger partial charge in [0, 0.05) is 19.8 Å². The molecular weight excluding hydrogens is 190 g/mol. The molecule has 2 atom stereocenters. The molecule has 0 heterocycles. The maximum absolute atomic E-state index is 9.22. The highest BCUT2D eigenvalue weighted by molar-refractivity contribution is 4.57. The lowest BCUT2D eigenvalue weighted by Crippen LogP contribution is -2.22. The maximum atomic E-state index is 9.22. The molecule has 92 valence electrons. The molecule has 0 fully saturated rings. The van der Waals surface area contributed by atoms with Crippen LogP contribution < -0.4 is 5.73 Å². The predicted molar refractivity (Wildman–Crippen MR) is 63.8 cm³/mol. The minimum atomic E-state index is -0.402. The number of hydrogen-bond donors (Lipinski definition) is 2. The normalized spacial score (nSPS) is 15.2. The molecule has 0 aliphatic rings. The first kappa shape index (κ1) is 14.9. The van der Waals surface area contributed by atoms with E-state index in [1.54, 1.807) is 0 Å². The monoisotopic (exact) mass is 217 g/mol. The maximum Gasteiger partial charge on any atom is 0.0684 e. The second kappa shape index (κ2) is 10.4. The summed E-state index contributed by atoms with van der Waals surface area (Å²) in [6.45, 7) is 6.20. The number of unbranched alkanes of at least 4 members (excludes halogenated alkanes) is 1. The molecule has 0 aromatic heterocycles. The Labute approximate surface area is 94.0 Å². The molecule has 3 nitrogen and oxygen atoms in total.